The Morgan fingerprint density at radius 3 is 2.64 bits per heavy atom. The van der Waals surface area contributed by atoms with E-state index in [4.69, 9.17) is 0 Å². The largest absolute Gasteiger partial charge is 0.508 e. The van der Waals surface area contributed by atoms with E-state index in [1.165, 1.54) is 0 Å². The molecular formula is C12H16O2. The minimum Gasteiger partial charge on any atom is -0.508 e. The Kier molecular flexibility index (Phi) is 1.86. The summed E-state index contributed by atoms with van der Waals surface area (Å²) < 4.78 is 0. The van der Waals surface area contributed by atoms with E-state index in [9.17, 15) is 10.2 Å². The summed E-state index contributed by atoms with van der Waals surface area (Å²) in [6.45, 7) is 5.89. The highest BCUT2D eigenvalue weighted by atomic mass is 16.3. The van der Waals surface area contributed by atoms with E-state index in [0.29, 0.717) is 12.3 Å². The van der Waals surface area contributed by atoms with Gasteiger partial charge in [0, 0.05) is 5.56 Å². The highest BCUT2D eigenvalue weighted by Gasteiger charge is 2.39. The molecule has 0 aromatic heterocycles. The molecular weight excluding hydrogens is 176 g/mol. The predicted molar refractivity (Wildman–Crippen MR) is 55.4 cm³/mol. The van der Waals surface area contributed by atoms with E-state index < -0.39 is 5.60 Å². The van der Waals surface area contributed by atoms with Crippen LogP contribution in [0, 0.1) is 6.92 Å². The van der Waals surface area contributed by atoms with Crippen molar-refractivity contribution in [1.29, 1.82) is 0 Å². The van der Waals surface area contributed by atoms with Crippen LogP contribution in [0.4, 0.5) is 0 Å². The quantitative estimate of drug-likeness (QED) is 0.662. The first-order valence-electron chi connectivity index (χ1n) is 4.99. The monoisotopic (exact) mass is 192 g/mol. The molecule has 0 aliphatic heterocycles. The van der Waals surface area contributed by atoms with Gasteiger partial charge in [-0.1, -0.05) is 13.0 Å². The third-order valence-corrected chi connectivity index (χ3v) is 3.18. The van der Waals surface area contributed by atoms with E-state index in [-0.39, 0.29) is 5.75 Å². The molecule has 0 fully saturated rings. The van der Waals surface area contributed by atoms with Crippen molar-refractivity contribution >= 4 is 0 Å². The van der Waals surface area contributed by atoms with Gasteiger partial charge in [-0.25, -0.2) is 0 Å². The molecule has 0 bridgehead atoms. The van der Waals surface area contributed by atoms with Crippen molar-refractivity contribution in [2.24, 2.45) is 0 Å². The Balaban J connectivity index is 2.73. The number of aromatic hydroxyl groups is 1. The van der Waals surface area contributed by atoms with Crippen LogP contribution >= 0.6 is 0 Å². The van der Waals surface area contributed by atoms with Gasteiger partial charge in [-0.2, -0.15) is 0 Å². The summed E-state index contributed by atoms with van der Waals surface area (Å²) in [7, 11) is 0. The first kappa shape index (κ1) is 9.53. The molecule has 0 saturated heterocycles. The smallest absolute Gasteiger partial charge is 0.121 e. The molecule has 0 heterocycles. The minimum atomic E-state index is -0.870. The van der Waals surface area contributed by atoms with Crippen molar-refractivity contribution in [2.45, 2.75) is 38.7 Å². The van der Waals surface area contributed by atoms with Crippen LogP contribution in [0.2, 0.25) is 0 Å². The molecule has 14 heavy (non-hydrogen) atoms. The molecule has 1 aromatic carbocycles. The number of hydrogen-bond donors (Lipinski definition) is 2. The Labute approximate surface area is 84.2 Å². The molecule has 2 unspecified atom stereocenters. The van der Waals surface area contributed by atoms with E-state index in [2.05, 4.69) is 6.92 Å². The minimum absolute atomic E-state index is 0.222. The maximum absolute atomic E-state index is 10.2. The zero-order valence-corrected chi connectivity index (χ0v) is 8.83. The van der Waals surface area contributed by atoms with E-state index >= 15 is 0 Å². The van der Waals surface area contributed by atoms with Gasteiger partial charge in [0.15, 0.2) is 0 Å². The molecule has 2 heteroatoms. The maximum Gasteiger partial charge on any atom is 0.121 e. The van der Waals surface area contributed by atoms with E-state index in [0.717, 1.165) is 16.7 Å². The number of phenols is 1. The number of aryl methyl sites for hydroxylation is 1. The summed E-state index contributed by atoms with van der Waals surface area (Å²) in [6.07, 6.45) is 0.695. The SMILES string of the molecule is Cc1ccc(O)c2c1C(C)CC2(C)O. The van der Waals surface area contributed by atoms with Gasteiger partial charge >= 0.3 is 0 Å². The second-order valence-electron chi connectivity index (χ2n) is 4.57. The fraction of sp³-hybridized carbons (Fsp3) is 0.500. The fourth-order valence-electron chi connectivity index (χ4n) is 2.71. The molecule has 0 radical (unpaired) electrons. The number of benzene rings is 1. The second-order valence-corrected chi connectivity index (χ2v) is 4.57. The lowest BCUT2D eigenvalue weighted by atomic mass is 9.95. The Morgan fingerprint density at radius 2 is 2.07 bits per heavy atom. The van der Waals surface area contributed by atoms with Crippen LogP contribution in [0.5, 0.6) is 5.75 Å². The average molecular weight is 192 g/mol. The van der Waals surface area contributed by atoms with E-state index in [1.54, 1.807) is 13.0 Å². The van der Waals surface area contributed by atoms with Crippen LogP contribution in [-0.2, 0) is 5.60 Å². The van der Waals surface area contributed by atoms with Crippen LogP contribution in [0.1, 0.15) is 42.9 Å². The molecule has 2 atom stereocenters. The van der Waals surface area contributed by atoms with E-state index in [1.807, 2.05) is 13.0 Å². The normalized spacial score (nSPS) is 30.4. The first-order chi connectivity index (χ1) is 6.43. The van der Waals surface area contributed by atoms with Gasteiger partial charge in [-0.15, -0.1) is 0 Å². The van der Waals surface area contributed by atoms with Gasteiger partial charge in [-0.3, -0.25) is 0 Å². The van der Waals surface area contributed by atoms with Gasteiger partial charge in [0.1, 0.15) is 5.75 Å². The summed E-state index contributed by atoms with van der Waals surface area (Å²) >= 11 is 0. The summed E-state index contributed by atoms with van der Waals surface area (Å²) in [6, 6.07) is 3.58. The Morgan fingerprint density at radius 1 is 1.43 bits per heavy atom. The fourth-order valence-corrected chi connectivity index (χ4v) is 2.71. The lowest BCUT2D eigenvalue weighted by Gasteiger charge is -2.19. The Hall–Kier alpha value is -1.02. The summed E-state index contributed by atoms with van der Waals surface area (Å²) in [5, 5.41) is 19.9. The lowest BCUT2D eigenvalue weighted by Crippen LogP contribution is -2.16. The molecule has 1 aromatic rings. The van der Waals surface area contributed by atoms with Crippen molar-refractivity contribution in [3.05, 3.63) is 28.8 Å². The molecule has 1 aliphatic carbocycles. The zero-order chi connectivity index (χ0) is 10.5. The van der Waals surface area contributed by atoms with Crippen LogP contribution in [0.3, 0.4) is 0 Å². The highest BCUT2D eigenvalue weighted by Crippen LogP contribution is 2.49. The van der Waals surface area contributed by atoms with Crippen molar-refractivity contribution in [1.82, 2.24) is 0 Å². The Bertz CT molecular complexity index is 380. The third kappa shape index (κ3) is 1.14. The molecule has 2 N–H and O–H groups in total. The molecule has 2 rings (SSSR count). The summed E-state index contributed by atoms with van der Waals surface area (Å²) in [4.78, 5) is 0. The maximum atomic E-state index is 10.2. The van der Waals surface area contributed by atoms with Crippen LogP contribution in [0.15, 0.2) is 12.1 Å². The lowest BCUT2D eigenvalue weighted by molar-refractivity contribution is 0.0530. The molecule has 0 amide bonds. The molecule has 1 aliphatic rings. The number of fused-ring (bicyclic) bond motifs is 1. The van der Waals surface area contributed by atoms with Crippen molar-refractivity contribution in [2.75, 3.05) is 0 Å². The van der Waals surface area contributed by atoms with Gasteiger partial charge in [0.25, 0.3) is 0 Å². The van der Waals surface area contributed by atoms with Crippen LogP contribution in [0.25, 0.3) is 0 Å². The van der Waals surface area contributed by atoms with Crippen molar-refractivity contribution < 1.29 is 10.2 Å². The molecule has 76 valence electrons. The van der Waals surface area contributed by atoms with Gasteiger partial charge < -0.3 is 10.2 Å². The first-order valence-corrected chi connectivity index (χ1v) is 4.99. The number of rotatable bonds is 0. The van der Waals surface area contributed by atoms with Crippen molar-refractivity contribution in [3.8, 4) is 5.75 Å². The molecule has 0 saturated carbocycles. The third-order valence-electron chi connectivity index (χ3n) is 3.18. The average Bonchev–Trinajstić information content (AvgIpc) is 2.30. The van der Waals surface area contributed by atoms with Crippen LogP contribution < -0.4 is 0 Å². The van der Waals surface area contributed by atoms with Gasteiger partial charge in [0.2, 0.25) is 0 Å². The molecule has 0 spiro atoms. The highest BCUT2D eigenvalue weighted by molar-refractivity contribution is 5.52. The predicted octanol–water partition coefficient (Wildman–Crippen LogP) is 2.42. The van der Waals surface area contributed by atoms with Crippen LogP contribution in [-0.4, -0.2) is 10.2 Å². The summed E-state index contributed by atoms with van der Waals surface area (Å²) in [5.74, 6) is 0.548. The second kappa shape index (κ2) is 2.74. The number of phenolic OH excluding ortho intramolecular Hbond substituents is 1. The van der Waals surface area contributed by atoms with Gasteiger partial charge in [-0.05, 0) is 43.4 Å². The molecule has 2 nitrogen and oxygen atoms in total. The van der Waals surface area contributed by atoms with Gasteiger partial charge in [0.05, 0.1) is 5.60 Å². The summed E-state index contributed by atoms with van der Waals surface area (Å²) in [5.41, 5.74) is 2.13. The number of aliphatic hydroxyl groups is 1. The topological polar surface area (TPSA) is 40.5 Å². The van der Waals surface area contributed by atoms with Crippen molar-refractivity contribution in [3.63, 3.8) is 0 Å². The number of hydrogen-bond acceptors (Lipinski definition) is 2. The standard InChI is InChI=1S/C12H16O2/c1-7-4-5-9(13)11-10(7)8(2)6-12(11,3)14/h4-5,8,13-14H,6H2,1-3H3. The zero-order valence-electron chi connectivity index (χ0n) is 8.83.